The number of aryl methyl sites for hydroxylation is 1. The lowest BCUT2D eigenvalue weighted by Gasteiger charge is -2.35. The Morgan fingerprint density at radius 3 is 2.53 bits per heavy atom. The number of hydrogen-bond donors (Lipinski definition) is 3. The smallest absolute Gasteiger partial charge is 0.250 e. The maximum absolute atomic E-state index is 13.2. The number of aliphatic hydroxyl groups excluding tert-OH is 1. The van der Waals surface area contributed by atoms with Gasteiger partial charge >= 0.3 is 0 Å². The largest absolute Gasteiger partial charge is 0.390 e. The highest BCUT2D eigenvalue weighted by Gasteiger charge is 2.50. The van der Waals surface area contributed by atoms with Crippen LogP contribution in [0.3, 0.4) is 0 Å². The molecule has 6 heteroatoms. The second-order valence-corrected chi connectivity index (χ2v) is 7.85. The second kappa shape index (κ2) is 9.87. The van der Waals surface area contributed by atoms with Crippen LogP contribution in [-0.4, -0.2) is 48.1 Å². The minimum atomic E-state index is -1.02. The highest BCUT2D eigenvalue weighted by Crippen LogP contribution is 2.38. The molecule has 2 amide bonds. The molecule has 1 fully saturated rings. The number of hydrogen-bond acceptors (Lipinski definition) is 4. The molecule has 0 saturated carbocycles. The van der Waals surface area contributed by atoms with Gasteiger partial charge in [0.2, 0.25) is 5.91 Å². The Hall–Kier alpha value is -2.70. The van der Waals surface area contributed by atoms with Gasteiger partial charge in [-0.05, 0) is 29.5 Å². The molecule has 1 aliphatic heterocycles. The van der Waals surface area contributed by atoms with Crippen LogP contribution in [0.15, 0.2) is 54.6 Å². The summed E-state index contributed by atoms with van der Waals surface area (Å²) >= 11 is 0. The van der Waals surface area contributed by atoms with Gasteiger partial charge in [-0.2, -0.15) is 0 Å². The average Bonchev–Trinajstić information content (AvgIpc) is 3.08. The van der Waals surface area contributed by atoms with E-state index in [1.54, 1.807) is 7.05 Å². The van der Waals surface area contributed by atoms with Gasteiger partial charge in [-0.1, -0.05) is 61.5 Å². The van der Waals surface area contributed by atoms with Gasteiger partial charge in [-0.25, -0.2) is 0 Å². The molecule has 0 aliphatic carbocycles. The summed E-state index contributed by atoms with van der Waals surface area (Å²) in [5, 5.41) is 16.4. The summed E-state index contributed by atoms with van der Waals surface area (Å²) in [4.78, 5) is 26.9. The lowest BCUT2D eigenvalue weighted by molar-refractivity contribution is -0.140. The monoisotopic (exact) mass is 409 g/mol. The second-order valence-electron chi connectivity index (χ2n) is 7.85. The molecule has 160 valence electrons. The molecule has 3 rings (SSSR count). The lowest BCUT2D eigenvalue weighted by atomic mass is 9.86. The van der Waals surface area contributed by atoms with E-state index in [4.69, 9.17) is 0 Å². The Labute approximate surface area is 178 Å². The van der Waals surface area contributed by atoms with E-state index >= 15 is 0 Å². The topological polar surface area (TPSA) is 81.7 Å². The van der Waals surface area contributed by atoms with Crippen molar-refractivity contribution in [3.05, 3.63) is 71.3 Å². The number of nitrogens with zero attached hydrogens (tertiary/aromatic N) is 1. The summed E-state index contributed by atoms with van der Waals surface area (Å²) in [5.74, 6) is -0.303. The van der Waals surface area contributed by atoms with Gasteiger partial charge in [0, 0.05) is 33.1 Å². The number of nitrogens with one attached hydrogen (secondary N) is 2. The Morgan fingerprint density at radius 2 is 1.87 bits per heavy atom. The molecule has 0 aromatic heterocycles. The number of likely N-dealkylation sites (N-methyl/N-ethyl adjacent to an activating group) is 1. The summed E-state index contributed by atoms with van der Waals surface area (Å²) in [6.45, 7) is 3.27. The molecule has 1 aliphatic rings. The van der Waals surface area contributed by atoms with Crippen molar-refractivity contribution in [2.75, 3.05) is 20.1 Å². The molecule has 6 nitrogen and oxygen atoms in total. The van der Waals surface area contributed by atoms with Crippen LogP contribution in [0.25, 0.3) is 0 Å². The van der Waals surface area contributed by atoms with Crippen molar-refractivity contribution in [3.63, 3.8) is 0 Å². The number of benzene rings is 2. The fourth-order valence-electron chi connectivity index (χ4n) is 4.06. The normalized spacial score (nSPS) is 19.7. The zero-order valence-electron chi connectivity index (χ0n) is 17.7. The highest BCUT2D eigenvalue weighted by molar-refractivity contribution is 5.95. The fraction of sp³-hybridized carbons (Fsp3) is 0.417. The number of aliphatic hydroxyl groups is 1. The van der Waals surface area contributed by atoms with Crippen LogP contribution in [-0.2, 0) is 28.1 Å². The van der Waals surface area contributed by atoms with Crippen LogP contribution in [0.5, 0.6) is 0 Å². The maximum Gasteiger partial charge on any atom is 0.250 e. The molecule has 0 spiro atoms. The van der Waals surface area contributed by atoms with Crippen molar-refractivity contribution in [2.45, 2.75) is 44.4 Å². The van der Waals surface area contributed by atoms with Gasteiger partial charge in [0.15, 0.2) is 0 Å². The third-order valence-electron chi connectivity index (χ3n) is 5.88. The highest BCUT2D eigenvalue weighted by atomic mass is 16.3. The Balaban J connectivity index is 1.56. The van der Waals surface area contributed by atoms with Crippen LogP contribution >= 0.6 is 0 Å². The molecule has 0 bridgehead atoms. The van der Waals surface area contributed by atoms with E-state index in [9.17, 15) is 14.7 Å². The molecule has 0 radical (unpaired) electrons. The van der Waals surface area contributed by atoms with Crippen molar-refractivity contribution in [3.8, 4) is 0 Å². The quantitative estimate of drug-likeness (QED) is 0.591. The molecule has 2 atom stereocenters. The summed E-state index contributed by atoms with van der Waals surface area (Å²) < 4.78 is 0. The van der Waals surface area contributed by atoms with Crippen LogP contribution in [0.1, 0.15) is 36.5 Å². The molecule has 1 unspecified atom stereocenters. The van der Waals surface area contributed by atoms with Crippen molar-refractivity contribution < 1.29 is 14.7 Å². The molecule has 1 heterocycles. The van der Waals surface area contributed by atoms with E-state index in [-0.39, 0.29) is 18.4 Å². The van der Waals surface area contributed by atoms with E-state index < -0.39 is 11.6 Å². The van der Waals surface area contributed by atoms with E-state index in [0.717, 1.165) is 12.0 Å². The zero-order chi connectivity index (χ0) is 21.6. The summed E-state index contributed by atoms with van der Waals surface area (Å²) in [6, 6.07) is 17.7. The lowest BCUT2D eigenvalue weighted by Crippen LogP contribution is -2.54. The van der Waals surface area contributed by atoms with Crippen molar-refractivity contribution in [1.29, 1.82) is 0 Å². The van der Waals surface area contributed by atoms with Gasteiger partial charge in [-0.15, -0.1) is 0 Å². The average molecular weight is 410 g/mol. The fourth-order valence-corrected chi connectivity index (χ4v) is 4.06. The molecule has 1 saturated heterocycles. The van der Waals surface area contributed by atoms with Gasteiger partial charge in [0.25, 0.3) is 5.91 Å². The van der Waals surface area contributed by atoms with Crippen LogP contribution in [0, 0.1) is 0 Å². The Bertz CT molecular complexity index is 871. The number of likely N-dealkylation sites (tertiary alicyclic amines) is 1. The van der Waals surface area contributed by atoms with E-state index in [0.29, 0.717) is 25.9 Å². The summed E-state index contributed by atoms with van der Waals surface area (Å²) in [7, 11) is 1.67. The third kappa shape index (κ3) is 4.71. The number of amides is 2. The predicted molar refractivity (Wildman–Crippen MR) is 117 cm³/mol. The van der Waals surface area contributed by atoms with Crippen molar-refractivity contribution >= 4 is 11.8 Å². The first-order valence-electron chi connectivity index (χ1n) is 10.5. The minimum Gasteiger partial charge on any atom is -0.390 e. The van der Waals surface area contributed by atoms with Crippen molar-refractivity contribution in [1.82, 2.24) is 15.5 Å². The first-order valence-corrected chi connectivity index (χ1v) is 10.5. The van der Waals surface area contributed by atoms with Crippen molar-refractivity contribution in [2.24, 2.45) is 0 Å². The molecule has 2 aromatic carbocycles. The van der Waals surface area contributed by atoms with Crippen LogP contribution in [0.2, 0.25) is 0 Å². The van der Waals surface area contributed by atoms with Crippen LogP contribution < -0.4 is 10.6 Å². The van der Waals surface area contributed by atoms with Gasteiger partial charge in [0.05, 0.1) is 6.10 Å². The molecule has 30 heavy (non-hydrogen) atoms. The van der Waals surface area contributed by atoms with Gasteiger partial charge < -0.3 is 20.6 Å². The standard InChI is InChI=1S/C24H31N3O3/c1-3-18-8-7-9-19(14-18)15-25-16-21(28)17-26-23(30)24(13-12-22(29)27(24)2)20-10-5-4-6-11-20/h4-11,14,21,25,28H,3,12-13,15-17H2,1-2H3,(H,26,30)/t21-,24?/m1/s1. The van der Waals surface area contributed by atoms with E-state index in [1.165, 1.54) is 16.0 Å². The minimum absolute atomic E-state index is 0.0504. The Kier molecular flexibility index (Phi) is 7.24. The SMILES string of the molecule is CCc1cccc(CNC[C@@H](O)CNC(=O)C2(c3ccccc3)CCC(=O)N2C)c1. The Morgan fingerprint density at radius 1 is 1.13 bits per heavy atom. The molecule has 3 N–H and O–H groups in total. The first-order chi connectivity index (χ1) is 14.5. The zero-order valence-corrected chi connectivity index (χ0v) is 17.7. The summed E-state index contributed by atoms with van der Waals surface area (Å²) in [5.41, 5.74) is 2.22. The van der Waals surface area contributed by atoms with Crippen LogP contribution in [0.4, 0.5) is 0 Å². The number of carbonyl (C=O) groups is 2. The first kappa shape index (κ1) is 22.0. The van der Waals surface area contributed by atoms with E-state index in [2.05, 4.69) is 35.8 Å². The van der Waals surface area contributed by atoms with Gasteiger partial charge in [-0.3, -0.25) is 9.59 Å². The van der Waals surface area contributed by atoms with E-state index in [1.807, 2.05) is 36.4 Å². The molecular weight excluding hydrogens is 378 g/mol. The van der Waals surface area contributed by atoms with Gasteiger partial charge in [0.1, 0.15) is 5.54 Å². The predicted octanol–water partition coefficient (Wildman–Crippen LogP) is 1.96. The maximum atomic E-state index is 13.2. The third-order valence-corrected chi connectivity index (χ3v) is 5.88. The summed E-state index contributed by atoms with van der Waals surface area (Å²) in [6.07, 6.45) is 1.03. The number of carbonyl (C=O) groups excluding carboxylic acids is 2. The molecule has 2 aromatic rings. The molecular formula is C24H31N3O3. The number of rotatable bonds is 9.